The summed E-state index contributed by atoms with van der Waals surface area (Å²) in [7, 11) is 1.89. The molecule has 1 aliphatic heterocycles. The number of aliphatic hydroxyl groups excluding tert-OH is 1. The van der Waals surface area contributed by atoms with Gasteiger partial charge in [-0.3, -0.25) is 10.2 Å². The molecule has 0 bridgehead atoms. The van der Waals surface area contributed by atoms with Gasteiger partial charge in [-0.25, -0.2) is 14.2 Å². The number of aryl methyl sites for hydroxylation is 1. The molecule has 0 unspecified atom stereocenters. The number of piperidine rings is 1. The molecule has 1 aromatic heterocycles. The van der Waals surface area contributed by atoms with Gasteiger partial charge in [0.2, 0.25) is 5.13 Å². The zero-order valence-electron chi connectivity index (χ0n) is 16.7. The molecular weight excluding hydrogens is 393 g/mol. The van der Waals surface area contributed by atoms with E-state index < -0.39 is 0 Å². The van der Waals surface area contributed by atoms with E-state index in [2.05, 4.69) is 14.7 Å². The number of likely N-dealkylation sites (tertiary alicyclic amines) is 1. The number of halogens is 1. The summed E-state index contributed by atoms with van der Waals surface area (Å²) in [6.07, 6.45) is 3.31. The maximum Gasteiger partial charge on any atom is 0.323 e. The molecule has 7 nitrogen and oxygen atoms in total. The van der Waals surface area contributed by atoms with Crippen molar-refractivity contribution >= 4 is 28.8 Å². The van der Waals surface area contributed by atoms with Crippen molar-refractivity contribution in [2.24, 2.45) is 0 Å². The van der Waals surface area contributed by atoms with E-state index in [0.29, 0.717) is 55.5 Å². The van der Waals surface area contributed by atoms with Crippen molar-refractivity contribution in [3.8, 4) is 0 Å². The Kier molecular flexibility index (Phi) is 7.29. The van der Waals surface area contributed by atoms with Gasteiger partial charge in [0.1, 0.15) is 11.6 Å². The summed E-state index contributed by atoms with van der Waals surface area (Å²) in [6.45, 7) is 4.17. The predicted octanol–water partition coefficient (Wildman–Crippen LogP) is 3.12. The quantitative estimate of drug-likeness (QED) is 0.752. The van der Waals surface area contributed by atoms with Crippen molar-refractivity contribution in [3.63, 3.8) is 0 Å². The summed E-state index contributed by atoms with van der Waals surface area (Å²) < 4.78 is 18.5. The van der Waals surface area contributed by atoms with Crippen LogP contribution in [-0.4, -0.2) is 63.6 Å². The lowest BCUT2D eigenvalue weighted by atomic mass is 10.00. The largest absolute Gasteiger partial charge is 0.395 e. The molecular formula is C20H26FN5O2S. The molecule has 2 heterocycles. The Labute approximate surface area is 174 Å². The van der Waals surface area contributed by atoms with Crippen LogP contribution in [0.3, 0.4) is 0 Å². The average molecular weight is 420 g/mol. The number of anilines is 1. The Hall–Kier alpha value is -2.36. The number of carbonyl (C=O) groups is 1. The van der Waals surface area contributed by atoms with Crippen LogP contribution in [0.25, 0.3) is 6.08 Å². The summed E-state index contributed by atoms with van der Waals surface area (Å²) >= 11 is 1.16. The van der Waals surface area contributed by atoms with E-state index in [1.54, 1.807) is 24.0 Å². The second kappa shape index (κ2) is 9.91. The molecule has 1 aromatic carbocycles. The van der Waals surface area contributed by atoms with Crippen LogP contribution in [0.1, 0.15) is 29.8 Å². The molecule has 9 heteroatoms. The van der Waals surface area contributed by atoms with Crippen LogP contribution >= 0.6 is 11.5 Å². The van der Waals surface area contributed by atoms with Crippen molar-refractivity contribution in [1.29, 1.82) is 0 Å². The van der Waals surface area contributed by atoms with Gasteiger partial charge >= 0.3 is 6.03 Å². The number of hydrogen-bond acceptors (Lipinski definition) is 6. The molecule has 156 valence electrons. The second-order valence-electron chi connectivity index (χ2n) is 7.18. The molecule has 1 fully saturated rings. The third-order valence-electron chi connectivity index (χ3n) is 4.79. The van der Waals surface area contributed by atoms with Crippen molar-refractivity contribution in [3.05, 3.63) is 46.5 Å². The van der Waals surface area contributed by atoms with Crippen molar-refractivity contribution in [2.75, 3.05) is 38.6 Å². The minimum Gasteiger partial charge on any atom is -0.395 e. The number of amides is 2. The number of aromatic nitrogens is 2. The van der Waals surface area contributed by atoms with Crippen LogP contribution in [-0.2, 0) is 6.54 Å². The van der Waals surface area contributed by atoms with Crippen molar-refractivity contribution in [1.82, 2.24) is 19.2 Å². The van der Waals surface area contributed by atoms with Gasteiger partial charge in [-0.1, -0.05) is 23.8 Å². The van der Waals surface area contributed by atoms with Gasteiger partial charge in [-0.15, -0.1) is 0 Å². The van der Waals surface area contributed by atoms with E-state index in [1.165, 1.54) is 0 Å². The fourth-order valence-electron chi connectivity index (χ4n) is 3.23. The second-order valence-corrected chi connectivity index (χ2v) is 7.94. The molecule has 1 saturated heterocycles. The van der Waals surface area contributed by atoms with Crippen LogP contribution < -0.4 is 5.32 Å². The maximum atomic E-state index is 14.5. The number of hydrogen-bond donors (Lipinski definition) is 2. The molecule has 0 radical (unpaired) electrons. The first-order valence-corrected chi connectivity index (χ1v) is 10.4. The van der Waals surface area contributed by atoms with Crippen LogP contribution in [0.2, 0.25) is 0 Å². The highest BCUT2D eigenvalue weighted by molar-refractivity contribution is 7.09. The third kappa shape index (κ3) is 6.06. The molecule has 3 rings (SSSR count). The topological polar surface area (TPSA) is 81.6 Å². The fourth-order valence-corrected chi connectivity index (χ4v) is 3.79. The fraction of sp³-hybridized carbons (Fsp3) is 0.450. The van der Waals surface area contributed by atoms with Crippen LogP contribution in [0.15, 0.2) is 23.8 Å². The number of benzene rings is 1. The summed E-state index contributed by atoms with van der Waals surface area (Å²) in [6, 6.07) is 5.08. The van der Waals surface area contributed by atoms with Gasteiger partial charge in [0.05, 0.1) is 6.61 Å². The summed E-state index contributed by atoms with van der Waals surface area (Å²) in [5, 5.41) is 12.2. The lowest BCUT2D eigenvalue weighted by Gasteiger charge is -2.28. The van der Waals surface area contributed by atoms with E-state index in [-0.39, 0.29) is 18.5 Å². The van der Waals surface area contributed by atoms with Gasteiger partial charge in [-0.05, 0) is 38.4 Å². The first kappa shape index (κ1) is 21.4. The van der Waals surface area contributed by atoms with Crippen molar-refractivity contribution < 1.29 is 14.3 Å². The normalized spacial score (nSPS) is 14.4. The van der Waals surface area contributed by atoms with Gasteiger partial charge in [0.15, 0.2) is 0 Å². The smallest absolute Gasteiger partial charge is 0.323 e. The maximum absolute atomic E-state index is 14.5. The number of nitrogens with zero attached hydrogens (tertiary/aromatic N) is 4. The molecule has 0 saturated carbocycles. The van der Waals surface area contributed by atoms with Gasteiger partial charge in [0.25, 0.3) is 0 Å². The lowest BCUT2D eigenvalue weighted by Crippen LogP contribution is -2.39. The average Bonchev–Trinajstić information content (AvgIpc) is 3.09. The molecule has 2 N–H and O–H groups in total. The Morgan fingerprint density at radius 2 is 2.17 bits per heavy atom. The minimum absolute atomic E-state index is 0.0819. The molecule has 0 atom stereocenters. The standard InChI is InChI=1S/C20H26FN5O2S/c1-14-22-19(29-24-14)23-20(28)26-7-5-15(6-8-26)11-17-4-3-16(12-18(17)21)13-25(2)9-10-27/h3-4,11-12,27H,5-10,13H2,1-2H3,(H,22,23,24,28). The Bertz CT molecular complexity index is 876. The van der Waals surface area contributed by atoms with Gasteiger partial charge in [0, 0.05) is 43.3 Å². The van der Waals surface area contributed by atoms with Crippen LogP contribution in [0.4, 0.5) is 14.3 Å². The Morgan fingerprint density at radius 1 is 1.41 bits per heavy atom. The van der Waals surface area contributed by atoms with E-state index in [1.807, 2.05) is 24.1 Å². The number of urea groups is 1. The van der Waals surface area contributed by atoms with Gasteiger partial charge in [-0.2, -0.15) is 4.37 Å². The Morgan fingerprint density at radius 3 is 2.79 bits per heavy atom. The number of nitrogens with one attached hydrogen (secondary N) is 1. The molecule has 0 spiro atoms. The highest BCUT2D eigenvalue weighted by Crippen LogP contribution is 2.22. The molecule has 1 aliphatic rings. The van der Waals surface area contributed by atoms with Crippen LogP contribution in [0, 0.1) is 12.7 Å². The number of aliphatic hydroxyl groups is 1. The zero-order valence-corrected chi connectivity index (χ0v) is 17.5. The summed E-state index contributed by atoms with van der Waals surface area (Å²) in [5.41, 5.74) is 2.57. The number of likely N-dealkylation sites (N-methyl/N-ethyl adjacent to an activating group) is 1. The molecule has 2 amide bonds. The van der Waals surface area contributed by atoms with Crippen LogP contribution in [0.5, 0.6) is 0 Å². The molecule has 2 aromatic rings. The molecule has 29 heavy (non-hydrogen) atoms. The highest BCUT2D eigenvalue weighted by Gasteiger charge is 2.20. The van der Waals surface area contributed by atoms with E-state index in [0.717, 1.165) is 22.7 Å². The van der Waals surface area contributed by atoms with E-state index in [9.17, 15) is 9.18 Å². The van der Waals surface area contributed by atoms with E-state index >= 15 is 0 Å². The highest BCUT2D eigenvalue weighted by atomic mass is 32.1. The Balaban J connectivity index is 1.55. The summed E-state index contributed by atoms with van der Waals surface area (Å²) in [4.78, 5) is 20.1. The lowest BCUT2D eigenvalue weighted by molar-refractivity contribution is 0.207. The monoisotopic (exact) mass is 419 g/mol. The number of carbonyl (C=O) groups excluding carboxylic acids is 1. The first-order valence-electron chi connectivity index (χ1n) is 9.58. The predicted molar refractivity (Wildman–Crippen MR) is 112 cm³/mol. The minimum atomic E-state index is -0.251. The first-order chi connectivity index (χ1) is 13.9. The summed E-state index contributed by atoms with van der Waals surface area (Å²) in [5.74, 6) is 0.390. The zero-order chi connectivity index (χ0) is 20.8. The number of rotatable bonds is 6. The van der Waals surface area contributed by atoms with Gasteiger partial charge < -0.3 is 10.0 Å². The van der Waals surface area contributed by atoms with Crippen molar-refractivity contribution in [2.45, 2.75) is 26.3 Å². The SMILES string of the molecule is Cc1nsc(NC(=O)N2CCC(=Cc3ccc(CN(C)CCO)cc3F)CC2)n1. The molecule has 0 aliphatic carbocycles. The third-order valence-corrected chi connectivity index (χ3v) is 5.51. The van der Waals surface area contributed by atoms with E-state index in [4.69, 9.17) is 5.11 Å².